The van der Waals surface area contributed by atoms with E-state index in [-0.39, 0.29) is 11.3 Å². The number of carbonyl (C=O) groups is 1. The first-order valence-corrected chi connectivity index (χ1v) is 11.2. The number of hydrogen-bond donors (Lipinski definition) is 1. The molecule has 2 unspecified atom stereocenters. The lowest BCUT2D eigenvalue weighted by Crippen LogP contribution is -2.64. The van der Waals surface area contributed by atoms with Crippen LogP contribution in [-0.4, -0.2) is 59.7 Å². The Labute approximate surface area is 180 Å². The molecule has 0 aromatic heterocycles. The van der Waals surface area contributed by atoms with Gasteiger partial charge in [0, 0.05) is 44.2 Å². The molecule has 30 heavy (non-hydrogen) atoms. The summed E-state index contributed by atoms with van der Waals surface area (Å²) in [7, 11) is 1.63. The highest BCUT2D eigenvalue weighted by atomic mass is 16.5. The quantitative estimate of drug-likeness (QED) is 0.795. The molecule has 2 heterocycles. The maximum Gasteiger partial charge on any atom is 0.256 e. The number of methoxy groups -OCH3 is 1. The lowest BCUT2D eigenvalue weighted by atomic mass is 9.62. The number of phenols is 1. The van der Waals surface area contributed by atoms with Crippen LogP contribution in [0.15, 0.2) is 48.1 Å². The summed E-state index contributed by atoms with van der Waals surface area (Å²) < 4.78 is 5.60. The topological polar surface area (TPSA) is 53.0 Å². The molecule has 1 N–H and O–H groups in total. The van der Waals surface area contributed by atoms with Gasteiger partial charge in [-0.15, -0.1) is 0 Å². The van der Waals surface area contributed by atoms with E-state index in [1.165, 1.54) is 5.56 Å². The Balaban J connectivity index is 1.47. The van der Waals surface area contributed by atoms with Crippen molar-refractivity contribution in [2.24, 2.45) is 5.41 Å². The first kappa shape index (κ1) is 21.1. The minimum Gasteiger partial charge on any atom is -0.508 e. The number of hydrogen-bond acceptors (Lipinski definition) is 4. The SMILES string of the molecule is COC(C(=O)N1CCC2(CC1)CN(C(C)C)C2c1ccc(O)cc1)C1=CCCC=C1. The highest BCUT2D eigenvalue weighted by molar-refractivity contribution is 5.85. The Morgan fingerprint density at radius 3 is 2.43 bits per heavy atom. The van der Waals surface area contributed by atoms with Gasteiger partial charge in [-0.1, -0.05) is 30.4 Å². The highest BCUT2D eigenvalue weighted by Crippen LogP contribution is 2.55. The molecule has 162 valence electrons. The maximum absolute atomic E-state index is 13.2. The molecule has 1 aromatic carbocycles. The summed E-state index contributed by atoms with van der Waals surface area (Å²) in [6, 6.07) is 8.49. The molecule has 0 bridgehead atoms. The number of phenolic OH excluding ortho intramolecular Hbond substituents is 1. The normalized spacial score (nSPS) is 24.6. The van der Waals surface area contributed by atoms with Crippen LogP contribution in [0, 0.1) is 5.41 Å². The lowest BCUT2D eigenvalue weighted by molar-refractivity contribution is -0.154. The van der Waals surface area contributed by atoms with Crippen molar-refractivity contribution in [1.82, 2.24) is 9.80 Å². The number of piperidine rings is 1. The summed E-state index contributed by atoms with van der Waals surface area (Å²) in [5.74, 6) is 0.395. The van der Waals surface area contributed by atoms with Crippen molar-refractivity contribution in [2.75, 3.05) is 26.7 Å². The number of allylic oxidation sites excluding steroid dienone is 2. The molecule has 3 aliphatic rings. The van der Waals surface area contributed by atoms with Gasteiger partial charge in [0.2, 0.25) is 0 Å². The number of amides is 1. The van der Waals surface area contributed by atoms with Crippen LogP contribution in [0.2, 0.25) is 0 Å². The lowest BCUT2D eigenvalue weighted by Gasteiger charge is -2.62. The van der Waals surface area contributed by atoms with Crippen LogP contribution in [0.3, 0.4) is 0 Å². The first-order valence-electron chi connectivity index (χ1n) is 11.2. The van der Waals surface area contributed by atoms with Crippen molar-refractivity contribution in [3.05, 3.63) is 53.6 Å². The van der Waals surface area contributed by atoms with Gasteiger partial charge in [0.05, 0.1) is 0 Å². The molecular formula is C25H34N2O3. The average Bonchev–Trinajstić information content (AvgIpc) is 2.75. The van der Waals surface area contributed by atoms with Crippen LogP contribution >= 0.6 is 0 Å². The molecule has 1 amide bonds. The first-order chi connectivity index (χ1) is 14.4. The molecule has 0 radical (unpaired) electrons. The zero-order valence-electron chi connectivity index (χ0n) is 18.4. The Morgan fingerprint density at radius 2 is 1.87 bits per heavy atom. The van der Waals surface area contributed by atoms with Crippen LogP contribution in [0.4, 0.5) is 0 Å². The van der Waals surface area contributed by atoms with Gasteiger partial charge in [0.25, 0.3) is 5.91 Å². The molecule has 4 rings (SSSR count). The fourth-order valence-corrected chi connectivity index (χ4v) is 5.44. The number of aromatic hydroxyl groups is 1. The third kappa shape index (κ3) is 3.81. The van der Waals surface area contributed by atoms with Crippen molar-refractivity contribution in [1.29, 1.82) is 0 Å². The van der Waals surface area contributed by atoms with Crippen LogP contribution in [0.1, 0.15) is 51.1 Å². The van der Waals surface area contributed by atoms with Crippen molar-refractivity contribution in [3.63, 3.8) is 0 Å². The van der Waals surface area contributed by atoms with Crippen molar-refractivity contribution in [2.45, 2.75) is 57.7 Å². The third-order valence-corrected chi connectivity index (χ3v) is 7.14. The van der Waals surface area contributed by atoms with E-state index in [9.17, 15) is 9.90 Å². The molecule has 2 atom stereocenters. The van der Waals surface area contributed by atoms with E-state index in [2.05, 4.69) is 43.0 Å². The summed E-state index contributed by atoms with van der Waals surface area (Å²) in [5, 5.41) is 9.71. The van der Waals surface area contributed by atoms with Gasteiger partial charge >= 0.3 is 0 Å². The van der Waals surface area contributed by atoms with Gasteiger partial charge in [-0.3, -0.25) is 9.69 Å². The number of benzene rings is 1. The van der Waals surface area contributed by atoms with E-state index in [4.69, 9.17) is 4.74 Å². The van der Waals surface area contributed by atoms with Crippen molar-refractivity contribution in [3.8, 4) is 5.75 Å². The van der Waals surface area contributed by atoms with Crippen LogP contribution in [0.25, 0.3) is 0 Å². The predicted molar refractivity (Wildman–Crippen MR) is 118 cm³/mol. The monoisotopic (exact) mass is 410 g/mol. The molecular weight excluding hydrogens is 376 g/mol. The molecule has 5 heteroatoms. The molecule has 1 aromatic rings. The minimum absolute atomic E-state index is 0.0892. The van der Waals surface area contributed by atoms with Gasteiger partial charge < -0.3 is 14.7 Å². The second kappa shape index (κ2) is 8.56. The predicted octanol–water partition coefficient (Wildman–Crippen LogP) is 4.06. The molecule has 1 aliphatic carbocycles. The van der Waals surface area contributed by atoms with Crippen LogP contribution in [0.5, 0.6) is 5.75 Å². The van der Waals surface area contributed by atoms with Gasteiger partial charge in [0.1, 0.15) is 5.75 Å². The molecule has 1 spiro atoms. The summed E-state index contributed by atoms with van der Waals surface area (Å²) in [4.78, 5) is 17.7. The number of rotatable bonds is 5. The summed E-state index contributed by atoms with van der Waals surface area (Å²) in [5.41, 5.74) is 2.45. The van der Waals surface area contributed by atoms with E-state index in [1.54, 1.807) is 19.2 Å². The Kier molecular flexibility index (Phi) is 6.03. The Morgan fingerprint density at radius 1 is 1.17 bits per heavy atom. The molecule has 5 nitrogen and oxygen atoms in total. The molecule has 2 saturated heterocycles. The Hall–Kier alpha value is -2.11. The minimum atomic E-state index is -0.489. The molecule has 2 fully saturated rings. The van der Waals surface area contributed by atoms with Crippen molar-refractivity contribution < 1.29 is 14.6 Å². The van der Waals surface area contributed by atoms with Gasteiger partial charge in [0.15, 0.2) is 6.10 Å². The average molecular weight is 411 g/mol. The van der Waals surface area contributed by atoms with E-state index >= 15 is 0 Å². The highest BCUT2D eigenvalue weighted by Gasteiger charge is 2.55. The second-order valence-electron chi connectivity index (χ2n) is 9.25. The largest absolute Gasteiger partial charge is 0.508 e. The van der Waals surface area contributed by atoms with E-state index in [0.29, 0.717) is 17.8 Å². The number of carbonyl (C=O) groups excluding carboxylic acids is 1. The summed E-state index contributed by atoms with van der Waals surface area (Å²) in [6.07, 6.45) is 9.80. The number of likely N-dealkylation sites (tertiary alicyclic amines) is 2. The summed E-state index contributed by atoms with van der Waals surface area (Å²) in [6.45, 7) is 7.10. The molecule has 2 aliphatic heterocycles. The van der Waals surface area contributed by atoms with E-state index in [1.807, 2.05) is 11.0 Å². The van der Waals surface area contributed by atoms with E-state index in [0.717, 1.165) is 50.9 Å². The van der Waals surface area contributed by atoms with Gasteiger partial charge in [-0.25, -0.2) is 0 Å². The molecule has 0 saturated carbocycles. The second-order valence-corrected chi connectivity index (χ2v) is 9.25. The standard InChI is InChI=1S/C25H34N2O3/c1-18(2)27-17-25(23(27)20-9-11-21(28)12-10-20)13-15-26(16-14-25)24(29)22(30-3)19-7-5-4-6-8-19/h5,7-12,18,22-23,28H,4,6,13-17H2,1-3H3. The zero-order valence-corrected chi connectivity index (χ0v) is 18.4. The van der Waals surface area contributed by atoms with E-state index < -0.39 is 6.10 Å². The Bertz CT molecular complexity index is 819. The third-order valence-electron chi connectivity index (χ3n) is 7.14. The maximum atomic E-state index is 13.2. The number of ether oxygens (including phenoxy) is 1. The van der Waals surface area contributed by atoms with Gasteiger partial charge in [-0.2, -0.15) is 0 Å². The van der Waals surface area contributed by atoms with Crippen LogP contribution in [-0.2, 0) is 9.53 Å². The number of nitrogens with zero attached hydrogens (tertiary/aromatic N) is 2. The van der Waals surface area contributed by atoms with Crippen LogP contribution < -0.4 is 0 Å². The fraction of sp³-hybridized carbons (Fsp3) is 0.560. The van der Waals surface area contributed by atoms with Gasteiger partial charge in [-0.05, 0) is 62.8 Å². The smallest absolute Gasteiger partial charge is 0.256 e. The van der Waals surface area contributed by atoms with Crippen molar-refractivity contribution >= 4 is 5.91 Å². The zero-order chi connectivity index (χ0) is 21.3. The fourth-order valence-electron chi connectivity index (χ4n) is 5.44. The summed E-state index contributed by atoms with van der Waals surface area (Å²) >= 11 is 0.